The minimum absolute atomic E-state index is 0.762. The molecule has 0 aliphatic rings. The molecule has 4 heteroatoms. The van der Waals surface area contributed by atoms with Crippen LogP contribution in [0.4, 0.5) is 5.69 Å². The molecule has 1 nitrogen and oxygen atoms in total. The lowest BCUT2D eigenvalue weighted by Crippen LogP contribution is -1.81. The average Bonchev–Trinajstić information content (AvgIpc) is 2.31. The first-order chi connectivity index (χ1) is 5.68. The second-order valence-electron chi connectivity index (χ2n) is 2.45. The summed E-state index contributed by atoms with van der Waals surface area (Å²) in [6.07, 6.45) is 0. The molecule has 0 saturated carbocycles. The van der Waals surface area contributed by atoms with Gasteiger partial charge in [-0.15, -0.1) is 11.3 Å². The second kappa shape index (κ2) is 2.91. The summed E-state index contributed by atoms with van der Waals surface area (Å²) in [6.45, 7) is 0. The third-order valence-electron chi connectivity index (χ3n) is 1.61. The maximum atomic E-state index is 5.94. The van der Waals surface area contributed by atoms with Gasteiger partial charge in [-0.1, -0.05) is 11.6 Å². The number of halogens is 2. The van der Waals surface area contributed by atoms with Crippen molar-refractivity contribution in [3.8, 4) is 0 Å². The van der Waals surface area contributed by atoms with Crippen LogP contribution in [-0.4, -0.2) is 0 Å². The Morgan fingerprint density at radius 1 is 1.42 bits per heavy atom. The predicted molar refractivity (Wildman–Crippen MR) is 58.9 cm³/mol. The van der Waals surface area contributed by atoms with E-state index in [1.165, 1.54) is 0 Å². The summed E-state index contributed by atoms with van der Waals surface area (Å²) in [5.41, 5.74) is 6.40. The number of anilines is 1. The highest BCUT2D eigenvalue weighted by Crippen LogP contribution is 2.39. The highest BCUT2D eigenvalue weighted by Gasteiger charge is 2.06. The summed E-state index contributed by atoms with van der Waals surface area (Å²) >= 11 is 10.9. The van der Waals surface area contributed by atoms with E-state index in [1.54, 1.807) is 11.3 Å². The normalized spacial score (nSPS) is 10.8. The van der Waals surface area contributed by atoms with Gasteiger partial charge in [0, 0.05) is 15.8 Å². The zero-order valence-corrected chi connectivity index (χ0v) is 9.13. The Balaban J connectivity index is 2.88. The molecule has 0 spiro atoms. The van der Waals surface area contributed by atoms with Crippen molar-refractivity contribution in [3.05, 3.63) is 27.0 Å². The molecule has 2 rings (SSSR count). The molecule has 0 saturated heterocycles. The van der Waals surface area contributed by atoms with E-state index >= 15 is 0 Å². The first kappa shape index (κ1) is 8.35. The molecule has 0 aliphatic heterocycles. The molecule has 1 aromatic carbocycles. The maximum absolute atomic E-state index is 5.94. The van der Waals surface area contributed by atoms with Crippen molar-refractivity contribution in [2.75, 3.05) is 5.73 Å². The summed E-state index contributed by atoms with van der Waals surface area (Å²) in [6, 6.07) is 5.77. The van der Waals surface area contributed by atoms with Crippen LogP contribution in [0, 0.1) is 0 Å². The molecule has 12 heavy (non-hydrogen) atoms. The van der Waals surface area contributed by atoms with Crippen LogP contribution in [0.25, 0.3) is 10.1 Å². The fourth-order valence-electron chi connectivity index (χ4n) is 1.06. The highest BCUT2D eigenvalue weighted by atomic mass is 79.9. The second-order valence-corrected chi connectivity index (χ2v) is 4.89. The fourth-order valence-corrected chi connectivity index (χ4v) is 2.91. The fraction of sp³-hybridized carbons (Fsp3) is 0. The number of nitrogens with two attached hydrogens (primary N) is 1. The number of hydrogen-bond acceptors (Lipinski definition) is 2. The summed E-state index contributed by atoms with van der Waals surface area (Å²) in [4.78, 5) is 0. The molecular formula is C8H5BrClNS. The minimum Gasteiger partial charge on any atom is -0.399 e. The Morgan fingerprint density at radius 3 is 2.92 bits per heavy atom. The van der Waals surface area contributed by atoms with Crippen molar-refractivity contribution >= 4 is 54.6 Å². The highest BCUT2D eigenvalue weighted by molar-refractivity contribution is 9.10. The lowest BCUT2D eigenvalue weighted by Gasteiger charge is -1.92. The predicted octanol–water partition coefficient (Wildman–Crippen LogP) is 3.90. The molecule has 0 aliphatic carbocycles. The van der Waals surface area contributed by atoms with E-state index in [-0.39, 0.29) is 0 Å². The zero-order valence-electron chi connectivity index (χ0n) is 5.97. The van der Waals surface area contributed by atoms with Gasteiger partial charge in [0.05, 0.1) is 4.47 Å². The first-order valence-corrected chi connectivity index (χ1v) is 5.30. The van der Waals surface area contributed by atoms with Crippen molar-refractivity contribution in [1.82, 2.24) is 0 Å². The maximum Gasteiger partial charge on any atom is 0.108 e. The third kappa shape index (κ3) is 1.22. The number of benzene rings is 1. The number of nitrogen functional groups attached to an aromatic ring is 1. The van der Waals surface area contributed by atoms with Gasteiger partial charge in [-0.2, -0.15) is 0 Å². The van der Waals surface area contributed by atoms with Crippen LogP contribution in [0.2, 0.25) is 4.34 Å². The standard InChI is InChI=1S/C8H5BrClNS/c9-7-5-3-4(11)1-2-6(5)12-8(7)10/h1-3H,11H2. The molecule has 0 bridgehead atoms. The zero-order chi connectivity index (χ0) is 8.72. The monoisotopic (exact) mass is 261 g/mol. The molecule has 0 amide bonds. The van der Waals surface area contributed by atoms with Crippen LogP contribution >= 0.6 is 38.9 Å². The first-order valence-electron chi connectivity index (χ1n) is 3.31. The molecule has 0 unspecified atom stereocenters. The Bertz CT molecular complexity index is 438. The largest absolute Gasteiger partial charge is 0.399 e. The summed E-state index contributed by atoms with van der Waals surface area (Å²) < 4.78 is 2.87. The molecular weight excluding hydrogens is 258 g/mol. The topological polar surface area (TPSA) is 26.0 Å². The number of rotatable bonds is 0. The minimum atomic E-state index is 0.762. The van der Waals surface area contributed by atoms with E-state index in [1.807, 2.05) is 18.2 Å². The molecule has 1 aromatic heterocycles. The van der Waals surface area contributed by atoms with E-state index in [9.17, 15) is 0 Å². The molecule has 2 N–H and O–H groups in total. The smallest absolute Gasteiger partial charge is 0.108 e. The summed E-state index contributed by atoms with van der Waals surface area (Å²) in [5, 5.41) is 1.09. The van der Waals surface area contributed by atoms with E-state index in [0.717, 1.165) is 24.6 Å². The van der Waals surface area contributed by atoms with Gasteiger partial charge in [0.2, 0.25) is 0 Å². The molecule has 2 aromatic rings. The van der Waals surface area contributed by atoms with Crippen LogP contribution in [0.1, 0.15) is 0 Å². The van der Waals surface area contributed by atoms with Crippen molar-refractivity contribution in [3.63, 3.8) is 0 Å². The van der Waals surface area contributed by atoms with Crippen LogP contribution in [0.5, 0.6) is 0 Å². The van der Waals surface area contributed by atoms with Crippen molar-refractivity contribution < 1.29 is 0 Å². The Kier molecular flexibility index (Phi) is 2.02. The molecule has 1 heterocycles. The van der Waals surface area contributed by atoms with Crippen LogP contribution in [-0.2, 0) is 0 Å². The van der Waals surface area contributed by atoms with Crippen LogP contribution < -0.4 is 5.73 Å². The molecule has 0 fully saturated rings. The van der Waals surface area contributed by atoms with E-state index in [2.05, 4.69) is 15.9 Å². The summed E-state index contributed by atoms with van der Waals surface area (Å²) in [7, 11) is 0. The number of thiophene rings is 1. The SMILES string of the molecule is Nc1ccc2sc(Cl)c(Br)c2c1. The van der Waals surface area contributed by atoms with Gasteiger partial charge < -0.3 is 5.73 Å². The van der Waals surface area contributed by atoms with Crippen LogP contribution in [0.3, 0.4) is 0 Å². The molecule has 0 atom stereocenters. The average molecular weight is 263 g/mol. The Labute approximate surface area is 87.3 Å². The van der Waals surface area contributed by atoms with Crippen molar-refractivity contribution in [2.45, 2.75) is 0 Å². The Hall–Kier alpha value is -0.250. The van der Waals surface area contributed by atoms with E-state index in [0.29, 0.717) is 0 Å². The van der Waals surface area contributed by atoms with Gasteiger partial charge in [0.15, 0.2) is 0 Å². The van der Waals surface area contributed by atoms with Crippen molar-refractivity contribution in [2.24, 2.45) is 0 Å². The van der Waals surface area contributed by atoms with E-state index in [4.69, 9.17) is 17.3 Å². The lowest BCUT2D eigenvalue weighted by atomic mass is 10.2. The van der Waals surface area contributed by atoms with Crippen LogP contribution in [0.15, 0.2) is 22.7 Å². The number of hydrogen-bond donors (Lipinski definition) is 1. The van der Waals surface area contributed by atoms with Gasteiger partial charge in [0.25, 0.3) is 0 Å². The lowest BCUT2D eigenvalue weighted by molar-refractivity contribution is 1.78. The van der Waals surface area contributed by atoms with Gasteiger partial charge in [0.1, 0.15) is 4.34 Å². The summed E-state index contributed by atoms with van der Waals surface area (Å²) in [5.74, 6) is 0. The van der Waals surface area contributed by atoms with Crippen molar-refractivity contribution in [1.29, 1.82) is 0 Å². The van der Waals surface area contributed by atoms with Gasteiger partial charge in [-0.3, -0.25) is 0 Å². The third-order valence-corrected chi connectivity index (χ3v) is 4.31. The Morgan fingerprint density at radius 2 is 2.17 bits per heavy atom. The number of fused-ring (bicyclic) bond motifs is 1. The molecule has 0 radical (unpaired) electrons. The van der Waals surface area contributed by atoms with Gasteiger partial charge in [-0.05, 0) is 34.1 Å². The quantitative estimate of drug-likeness (QED) is 0.716. The van der Waals surface area contributed by atoms with Gasteiger partial charge in [-0.25, -0.2) is 0 Å². The van der Waals surface area contributed by atoms with E-state index < -0.39 is 0 Å². The van der Waals surface area contributed by atoms with Gasteiger partial charge >= 0.3 is 0 Å². The molecule has 62 valence electrons.